The fourth-order valence-corrected chi connectivity index (χ4v) is 2.31. The van der Waals surface area contributed by atoms with Gasteiger partial charge in [0.05, 0.1) is 16.8 Å². The maximum atomic E-state index is 13.1. The highest BCUT2D eigenvalue weighted by molar-refractivity contribution is 6.03. The topological polar surface area (TPSA) is 78.4 Å². The maximum Gasteiger partial charge on any atom is 0.337 e. The first-order valence-electron chi connectivity index (χ1n) is 6.52. The van der Waals surface area contributed by atoms with Crippen LogP contribution < -0.4 is 10.6 Å². The van der Waals surface area contributed by atoms with Gasteiger partial charge in [0, 0.05) is 0 Å². The molecule has 0 bridgehead atoms. The van der Waals surface area contributed by atoms with Crippen LogP contribution >= 0.6 is 0 Å². The number of carbonyl (C=O) groups excluding carboxylic acids is 1. The molecule has 0 aromatic heterocycles. The Hall–Kier alpha value is -1.95. The van der Waals surface area contributed by atoms with E-state index in [1.165, 1.54) is 6.07 Å². The van der Waals surface area contributed by atoms with Crippen LogP contribution in [0.5, 0.6) is 0 Å². The van der Waals surface area contributed by atoms with Crippen molar-refractivity contribution in [2.45, 2.75) is 31.7 Å². The summed E-state index contributed by atoms with van der Waals surface area (Å²) in [5, 5.41) is 14.8. The molecule has 1 atom stereocenters. The zero-order valence-corrected chi connectivity index (χ0v) is 11.2. The molecule has 1 heterocycles. The molecule has 1 aromatic rings. The van der Waals surface area contributed by atoms with Crippen molar-refractivity contribution in [3.8, 4) is 0 Å². The van der Waals surface area contributed by atoms with Crippen LogP contribution in [0.1, 0.15) is 36.5 Å². The van der Waals surface area contributed by atoms with Gasteiger partial charge in [0.2, 0.25) is 5.91 Å². The summed E-state index contributed by atoms with van der Waals surface area (Å²) in [5.41, 5.74) is -0.863. The van der Waals surface area contributed by atoms with Crippen molar-refractivity contribution >= 4 is 17.6 Å². The van der Waals surface area contributed by atoms with Gasteiger partial charge in [-0.05, 0) is 50.9 Å². The molecule has 0 aliphatic carbocycles. The second kappa shape index (κ2) is 5.58. The van der Waals surface area contributed by atoms with Gasteiger partial charge in [-0.15, -0.1) is 0 Å². The lowest BCUT2D eigenvalue weighted by Gasteiger charge is -2.33. The number of aromatic carboxylic acids is 1. The number of hydrogen-bond donors (Lipinski definition) is 3. The standard InChI is InChI=1S/C14H17FN2O3/c1-14(6-2-3-7-16-14)13(20)17-11-5-4-9(15)8-10(11)12(18)19/h4-5,8,16H,2-3,6-7H2,1H3,(H,17,20)(H,18,19). The SMILES string of the molecule is CC1(C(=O)Nc2ccc(F)cc2C(=O)O)CCCCN1. The molecule has 0 spiro atoms. The Labute approximate surface area is 116 Å². The minimum atomic E-state index is -1.28. The minimum absolute atomic E-state index is 0.109. The third-order valence-corrected chi connectivity index (χ3v) is 3.58. The van der Waals surface area contributed by atoms with Crippen LogP contribution in [0.4, 0.5) is 10.1 Å². The molecule has 3 N–H and O–H groups in total. The summed E-state index contributed by atoms with van der Waals surface area (Å²) in [4.78, 5) is 23.4. The van der Waals surface area contributed by atoms with Crippen molar-refractivity contribution in [3.05, 3.63) is 29.6 Å². The van der Waals surface area contributed by atoms with Gasteiger partial charge in [0.1, 0.15) is 5.82 Å². The summed E-state index contributed by atoms with van der Waals surface area (Å²) in [6.45, 7) is 2.53. The Morgan fingerprint density at radius 3 is 2.75 bits per heavy atom. The number of piperidine rings is 1. The van der Waals surface area contributed by atoms with Crippen LogP contribution in [0.25, 0.3) is 0 Å². The van der Waals surface area contributed by atoms with Crippen LogP contribution in [0.2, 0.25) is 0 Å². The van der Waals surface area contributed by atoms with Crippen LogP contribution in [0.3, 0.4) is 0 Å². The van der Waals surface area contributed by atoms with E-state index in [0.29, 0.717) is 6.42 Å². The van der Waals surface area contributed by atoms with Crippen molar-refractivity contribution < 1.29 is 19.1 Å². The summed E-state index contributed by atoms with van der Waals surface area (Å²) in [6, 6.07) is 3.29. The monoisotopic (exact) mass is 280 g/mol. The molecule has 1 amide bonds. The van der Waals surface area contributed by atoms with E-state index in [2.05, 4.69) is 10.6 Å². The Morgan fingerprint density at radius 1 is 1.40 bits per heavy atom. The molecule has 1 unspecified atom stereocenters. The van der Waals surface area contributed by atoms with Gasteiger partial charge < -0.3 is 15.7 Å². The van der Waals surface area contributed by atoms with Crippen molar-refractivity contribution in [2.24, 2.45) is 0 Å². The average molecular weight is 280 g/mol. The van der Waals surface area contributed by atoms with E-state index in [4.69, 9.17) is 5.11 Å². The van der Waals surface area contributed by atoms with Gasteiger partial charge >= 0.3 is 5.97 Å². The average Bonchev–Trinajstić information content (AvgIpc) is 2.41. The molecule has 0 saturated carbocycles. The molecule has 6 heteroatoms. The van der Waals surface area contributed by atoms with E-state index in [-0.39, 0.29) is 17.2 Å². The Morgan fingerprint density at radius 2 is 2.15 bits per heavy atom. The molecule has 5 nitrogen and oxygen atoms in total. The first-order valence-corrected chi connectivity index (χ1v) is 6.52. The Bertz CT molecular complexity index is 539. The number of anilines is 1. The van der Waals surface area contributed by atoms with Gasteiger partial charge in [0.15, 0.2) is 0 Å². The predicted octanol–water partition coefficient (Wildman–Crippen LogP) is 1.99. The lowest BCUT2D eigenvalue weighted by Crippen LogP contribution is -2.54. The summed E-state index contributed by atoms with van der Waals surface area (Å²) in [6.07, 6.45) is 2.63. The number of halogens is 1. The molecule has 108 valence electrons. The van der Waals surface area contributed by atoms with E-state index in [0.717, 1.165) is 31.5 Å². The third-order valence-electron chi connectivity index (χ3n) is 3.58. The van der Waals surface area contributed by atoms with Crippen LogP contribution in [0, 0.1) is 5.82 Å². The van der Waals surface area contributed by atoms with Crippen molar-refractivity contribution in [2.75, 3.05) is 11.9 Å². The van der Waals surface area contributed by atoms with Crippen molar-refractivity contribution in [3.63, 3.8) is 0 Å². The van der Waals surface area contributed by atoms with E-state index < -0.39 is 17.3 Å². The molecular weight excluding hydrogens is 263 g/mol. The third kappa shape index (κ3) is 2.96. The Balaban J connectivity index is 2.21. The molecule has 1 aromatic carbocycles. The summed E-state index contributed by atoms with van der Waals surface area (Å²) >= 11 is 0. The quantitative estimate of drug-likeness (QED) is 0.791. The lowest BCUT2D eigenvalue weighted by molar-refractivity contribution is -0.122. The number of hydrogen-bond acceptors (Lipinski definition) is 3. The normalized spacial score (nSPS) is 22.3. The first kappa shape index (κ1) is 14.5. The molecule has 1 aliphatic rings. The zero-order valence-electron chi connectivity index (χ0n) is 11.2. The summed E-state index contributed by atoms with van der Waals surface area (Å²) in [5.74, 6) is -2.23. The highest BCUT2D eigenvalue weighted by Gasteiger charge is 2.34. The lowest BCUT2D eigenvalue weighted by atomic mass is 9.90. The van der Waals surface area contributed by atoms with Gasteiger partial charge in [-0.2, -0.15) is 0 Å². The Kier molecular flexibility index (Phi) is 4.04. The number of carboxylic acids is 1. The van der Waals surface area contributed by atoms with Gasteiger partial charge in [0.25, 0.3) is 0 Å². The van der Waals surface area contributed by atoms with Crippen molar-refractivity contribution in [1.82, 2.24) is 5.32 Å². The van der Waals surface area contributed by atoms with Crippen LogP contribution in [-0.2, 0) is 4.79 Å². The minimum Gasteiger partial charge on any atom is -0.478 e. The number of carboxylic acid groups (broad SMARTS) is 1. The van der Waals surface area contributed by atoms with E-state index in [9.17, 15) is 14.0 Å². The van der Waals surface area contributed by atoms with E-state index >= 15 is 0 Å². The first-order chi connectivity index (χ1) is 9.42. The smallest absolute Gasteiger partial charge is 0.337 e. The van der Waals surface area contributed by atoms with Gasteiger partial charge in [-0.1, -0.05) is 0 Å². The van der Waals surface area contributed by atoms with Crippen LogP contribution in [-0.4, -0.2) is 29.1 Å². The van der Waals surface area contributed by atoms with E-state index in [1.54, 1.807) is 6.92 Å². The number of benzene rings is 1. The molecular formula is C14H17FN2O3. The summed E-state index contributed by atoms with van der Waals surface area (Å²) in [7, 11) is 0. The molecule has 1 fully saturated rings. The number of rotatable bonds is 3. The number of carbonyl (C=O) groups is 2. The fourth-order valence-electron chi connectivity index (χ4n) is 2.31. The van der Waals surface area contributed by atoms with Gasteiger partial charge in [-0.25, -0.2) is 9.18 Å². The molecule has 1 aliphatic heterocycles. The maximum absolute atomic E-state index is 13.1. The molecule has 20 heavy (non-hydrogen) atoms. The second-order valence-electron chi connectivity index (χ2n) is 5.17. The van der Waals surface area contributed by atoms with Crippen LogP contribution in [0.15, 0.2) is 18.2 Å². The summed E-state index contributed by atoms with van der Waals surface area (Å²) < 4.78 is 13.1. The zero-order chi connectivity index (χ0) is 14.8. The molecule has 1 saturated heterocycles. The number of amides is 1. The van der Waals surface area contributed by atoms with E-state index in [1.807, 2.05) is 0 Å². The predicted molar refractivity (Wildman–Crippen MR) is 72.2 cm³/mol. The fraction of sp³-hybridized carbons (Fsp3) is 0.429. The largest absolute Gasteiger partial charge is 0.478 e. The number of nitrogens with one attached hydrogen (secondary N) is 2. The second-order valence-corrected chi connectivity index (χ2v) is 5.17. The highest BCUT2D eigenvalue weighted by atomic mass is 19.1. The van der Waals surface area contributed by atoms with Crippen molar-refractivity contribution in [1.29, 1.82) is 0 Å². The highest BCUT2D eigenvalue weighted by Crippen LogP contribution is 2.23. The molecule has 2 rings (SSSR count). The molecule has 0 radical (unpaired) electrons. The van der Waals surface area contributed by atoms with Gasteiger partial charge in [-0.3, -0.25) is 4.79 Å².